The summed E-state index contributed by atoms with van der Waals surface area (Å²) in [6, 6.07) is 3.21. The van der Waals surface area contributed by atoms with Gasteiger partial charge in [0.1, 0.15) is 5.75 Å². The molecule has 0 fully saturated rings. The van der Waals surface area contributed by atoms with Crippen LogP contribution in [0.2, 0.25) is 0 Å². The highest BCUT2D eigenvalue weighted by atomic mass is 127. The summed E-state index contributed by atoms with van der Waals surface area (Å²) in [6.07, 6.45) is 0. The summed E-state index contributed by atoms with van der Waals surface area (Å²) in [5, 5.41) is 0. The van der Waals surface area contributed by atoms with Gasteiger partial charge < -0.3 is 4.74 Å². The third-order valence-corrected chi connectivity index (χ3v) is 2.54. The second kappa shape index (κ2) is 4.72. The quantitative estimate of drug-likeness (QED) is 0.634. The molecule has 0 aromatic heterocycles. The Morgan fingerprint density at radius 2 is 2.21 bits per heavy atom. The molecule has 76 valence electrons. The highest BCUT2D eigenvalue weighted by Gasteiger charge is 2.16. The second-order valence-corrected chi connectivity index (χ2v) is 3.89. The first-order valence-corrected chi connectivity index (χ1v) is 5.27. The fraction of sp³-hybridized carbons (Fsp3) is 0.300. The Hall–Kier alpha value is -0.650. The molecule has 0 bridgehead atoms. The lowest BCUT2D eigenvalue weighted by atomic mass is 10.1. The number of carbonyl (C=O) groups excluding carboxylic acids is 1. The first kappa shape index (κ1) is 11.4. The lowest BCUT2D eigenvalue weighted by Crippen LogP contribution is -2.05. The molecule has 1 rings (SSSR count). The van der Waals surface area contributed by atoms with E-state index in [1.54, 1.807) is 19.1 Å². The van der Waals surface area contributed by atoms with E-state index in [0.717, 1.165) is 0 Å². The van der Waals surface area contributed by atoms with Gasteiger partial charge in [-0.05, 0) is 48.6 Å². The molecule has 0 radical (unpaired) electrons. The summed E-state index contributed by atoms with van der Waals surface area (Å²) in [7, 11) is 0. The van der Waals surface area contributed by atoms with E-state index in [0.29, 0.717) is 15.9 Å². The van der Waals surface area contributed by atoms with E-state index in [2.05, 4.69) is 0 Å². The summed E-state index contributed by atoms with van der Waals surface area (Å²) >= 11 is 1.85. The molecular weight excluding hydrogens is 298 g/mol. The first-order valence-electron chi connectivity index (χ1n) is 4.19. The average Bonchev–Trinajstić information content (AvgIpc) is 2.11. The largest absolute Gasteiger partial charge is 0.493 e. The average molecular weight is 308 g/mol. The van der Waals surface area contributed by atoms with Crippen molar-refractivity contribution in [1.29, 1.82) is 0 Å². The molecule has 2 nitrogen and oxygen atoms in total. The van der Waals surface area contributed by atoms with Crippen LogP contribution in [-0.2, 0) is 0 Å². The Morgan fingerprint density at radius 1 is 1.57 bits per heavy atom. The maximum atomic E-state index is 13.5. The monoisotopic (exact) mass is 308 g/mol. The maximum absolute atomic E-state index is 13.5. The van der Waals surface area contributed by atoms with Crippen LogP contribution in [0.4, 0.5) is 4.39 Å². The Labute approximate surface area is 95.6 Å². The molecule has 4 heteroatoms. The minimum Gasteiger partial charge on any atom is -0.493 e. The number of Topliss-reactive ketones (excluding diaryl/α,β-unsaturated/α-hetero) is 1. The molecule has 0 unspecified atom stereocenters. The molecule has 0 amide bonds. The number of halogens is 2. The first-order chi connectivity index (χ1) is 6.57. The fourth-order valence-electron chi connectivity index (χ4n) is 1.14. The van der Waals surface area contributed by atoms with Gasteiger partial charge in [-0.3, -0.25) is 4.79 Å². The third-order valence-electron chi connectivity index (χ3n) is 1.71. The van der Waals surface area contributed by atoms with E-state index < -0.39 is 5.82 Å². The molecule has 1 aromatic rings. The van der Waals surface area contributed by atoms with Crippen molar-refractivity contribution in [2.45, 2.75) is 13.8 Å². The van der Waals surface area contributed by atoms with Crippen LogP contribution in [0.15, 0.2) is 12.1 Å². The van der Waals surface area contributed by atoms with E-state index in [1.807, 2.05) is 22.6 Å². The number of hydrogen-bond acceptors (Lipinski definition) is 2. The fourth-order valence-corrected chi connectivity index (χ4v) is 1.59. The van der Waals surface area contributed by atoms with Gasteiger partial charge in [-0.2, -0.15) is 0 Å². The van der Waals surface area contributed by atoms with Crippen LogP contribution in [0, 0.1) is 9.39 Å². The molecule has 14 heavy (non-hydrogen) atoms. The van der Waals surface area contributed by atoms with Crippen molar-refractivity contribution in [3.05, 3.63) is 27.1 Å². The van der Waals surface area contributed by atoms with Gasteiger partial charge in [0.15, 0.2) is 11.6 Å². The van der Waals surface area contributed by atoms with Gasteiger partial charge in [0.2, 0.25) is 0 Å². The Bertz CT molecular complexity index is 363. The summed E-state index contributed by atoms with van der Waals surface area (Å²) < 4.78 is 19.1. The number of ether oxygens (including phenoxy) is 1. The van der Waals surface area contributed by atoms with Gasteiger partial charge in [0, 0.05) is 3.57 Å². The van der Waals surface area contributed by atoms with Crippen molar-refractivity contribution in [1.82, 2.24) is 0 Å². The number of carbonyl (C=O) groups is 1. The SMILES string of the molecule is CCOc1ccc(I)c(F)c1C(C)=O. The molecule has 0 saturated carbocycles. The van der Waals surface area contributed by atoms with Gasteiger partial charge >= 0.3 is 0 Å². The zero-order valence-electron chi connectivity index (χ0n) is 7.93. The maximum Gasteiger partial charge on any atom is 0.166 e. The number of rotatable bonds is 3. The molecule has 0 spiro atoms. The van der Waals surface area contributed by atoms with Gasteiger partial charge in [0.05, 0.1) is 12.2 Å². The van der Waals surface area contributed by atoms with E-state index >= 15 is 0 Å². The summed E-state index contributed by atoms with van der Waals surface area (Å²) in [6.45, 7) is 3.54. The van der Waals surface area contributed by atoms with Crippen molar-refractivity contribution >= 4 is 28.4 Å². The molecular formula is C10H10FIO2. The van der Waals surface area contributed by atoms with E-state index in [9.17, 15) is 9.18 Å². The molecule has 0 aliphatic rings. The van der Waals surface area contributed by atoms with Crippen LogP contribution in [0.5, 0.6) is 5.75 Å². The summed E-state index contributed by atoms with van der Waals surface area (Å²) in [5.41, 5.74) is 0.0405. The van der Waals surface area contributed by atoms with Crippen molar-refractivity contribution in [2.24, 2.45) is 0 Å². The number of hydrogen-bond donors (Lipinski definition) is 0. The standard InChI is InChI=1S/C10H10FIO2/c1-3-14-8-5-4-7(12)10(11)9(8)6(2)13/h4-5H,3H2,1-2H3. The van der Waals surface area contributed by atoms with Crippen molar-refractivity contribution < 1.29 is 13.9 Å². The summed E-state index contributed by atoms with van der Waals surface area (Å²) in [5.74, 6) is -0.494. The van der Waals surface area contributed by atoms with E-state index in [1.165, 1.54) is 6.92 Å². The lowest BCUT2D eigenvalue weighted by molar-refractivity contribution is 0.101. The zero-order valence-corrected chi connectivity index (χ0v) is 10.1. The predicted octanol–water partition coefficient (Wildman–Crippen LogP) is 3.03. The van der Waals surface area contributed by atoms with Crippen LogP contribution in [-0.4, -0.2) is 12.4 Å². The number of ketones is 1. The Morgan fingerprint density at radius 3 is 2.71 bits per heavy atom. The van der Waals surface area contributed by atoms with Crippen molar-refractivity contribution in [3.8, 4) is 5.75 Å². The number of benzene rings is 1. The Kier molecular flexibility index (Phi) is 3.86. The highest BCUT2D eigenvalue weighted by molar-refractivity contribution is 14.1. The van der Waals surface area contributed by atoms with Crippen molar-refractivity contribution in [2.75, 3.05) is 6.61 Å². The minimum atomic E-state index is -0.496. The normalized spacial score (nSPS) is 10.0. The molecule has 0 saturated heterocycles. The van der Waals surface area contributed by atoms with Gasteiger partial charge in [-0.1, -0.05) is 0 Å². The van der Waals surface area contributed by atoms with Crippen LogP contribution in [0.1, 0.15) is 24.2 Å². The third kappa shape index (κ3) is 2.23. The van der Waals surface area contributed by atoms with Crippen molar-refractivity contribution in [3.63, 3.8) is 0 Å². The summed E-state index contributed by atoms with van der Waals surface area (Å²) in [4.78, 5) is 11.2. The molecule has 0 N–H and O–H groups in total. The van der Waals surface area contributed by atoms with Crippen LogP contribution in [0.25, 0.3) is 0 Å². The zero-order chi connectivity index (χ0) is 10.7. The van der Waals surface area contributed by atoms with E-state index in [-0.39, 0.29) is 11.3 Å². The Balaban J connectivity index is 3.30. The molecule has 0 atom stereocenters. The lowest BCUT2D eigenvalue weighted by Gasteiger charge is -2.09. The van der Waals surface area contributed by atoms with Gasteiger partial charge in [0.25, 0.3) is 0 Å². The van der Waals surface area contributed by atoms with E-state index in [4.69, 9.17) is 4.74 Å². The molecule has 0 aliphatic carbocycles. The minimum absolute atomic E-state index is 0.0405. The molecule has 0 heterocycles. The van der Waals surface area contributed by atoms with Gasteiger partial charge in [-0.25, -0.2) is 4.39 Å². The molecule has 1 aromatic carbocycles. The second-order valence-electron chi connectivity index (χ2n) is 2.72. The topological polar surface area (TPSA) is 26.3 Å². The van der Waals surface area contributed by atoms with Crippen LogP contribution >= 0.6 is 22.6 Å². The van der Waals surface area contributed by atoms with Crippen LogP contribution < -0.4 is 4.74 Å². The van der Waals surface area contributed by atoms with Gasteiger partial charge in [-0.15, -0.1) is 0 Å². The predicted molar refractivity (Wildman–Crippen MR) is 60.3 cm³/mol. The highest BCUT2D eigenvalue weighted by Crippen LogP contribution is 2.25. The van der Waals surface area contributed by atoms with Crippen LogP contribution in [0.3, 0.4) is 0 Å². The molecule has 0 aliphatic heterocycles. The smallest absolute Gasteiger partial charge is 0.166 e.